The smallest absolute Gasteiger partial charge is 0.120 e. The number of benzene rings is 3. The van der Waals surface area contributed by atoms with E-state index in [1.165, 1.54) is 11.1 Å². The van der Waals surface area contributed by atoms with E-state index in [0.29, 0.717) is 11.5 Å². The number of hydrogen-bond donors (Lipinski definition) is 2. The Kier molecular flexibility index (Phi) is 2.11. The number of phenolic OH excluding ortho intramolecular Hbond substituents is 2. The number of phenols is 2. The second-order valence-corrected chi connectivity index (χ2v) is 6.06. The largest absolute Gasteiger partial charge is 0.508 e. The Hall–Kier alpha value is -2.74. The first-order valence-electron chi connectivity index (χ1n) is 7.49. The average molecular weight is 286 g/mol. The predicted octanol–water partition coefficient (Wildman–Crippen LogP) is 4.09. The zero-order chi connectivity index (χ0) is 14.8. The quantitative estimate of drug-likeness (QED) is 0.450. The Bertz CT molecular complexity index is 873. The lowest BCUT2D eigenvalue weighted by molar-refractivity contribution is 0.450. The molecule has 22 heavy (non-hydrogen) atoms. The molecule has 2 heteroatoms. The molecule has 0 spiro atoms. The van der Waals surface area contributed by atoms with Crippen LogP contribution in [0.15, 0.2) is 60.7 Å². The average Bonchev–Trinajstić information content (AvgIpc) is 2.55. The van der Waals surface area contributed by atoms with E-state index in [9.17, 15) is 10.2 Å². The van der Waals surface area contributed by atoms with Crippen molar-refractivity contribution >= 4 is 0 Å². The predicted molar refractivity (Wildman–Crippen MR) is 84.5 cm³/mol. The summed E-state index contributed by atoms with van der Waals surface area (Å²) in [7, 11) is 0. The molecule has 3 aromatic carbocycles. The van der Waals surface area contributed by atoms with Gasteiger partial charge in [-0.3, -0.25) is 0 Å². The highest BCUT2D eigenvalue weighted by Gasteiger charge is 2.43. The van der Waals surface area contributed by atoms with Crippen molar-refractivity contribution in [2.24, 2.45) is 0 Å². The molecule has 0 radical (unpaired) electrons. The standard InChI is InChI=1S/C20H14O2/c21-15-9-3-7-13-17-11-5-1-2-6-12(11)20(18(13)15)19-14(17)8-4-10-16(19)22/h1-10,17,20-22H. The third-order valence-electron chi connectivity index (χ3n) is 5.05. The minimum atomic E-state index is -0.0893. The Balaban J connectivity index is 1.96. The molecule has 0 atom stereocenters. The van der Waals surface area contributed by atoms with Crippen LogP contribution in [0.4, 0.5) is 0 Å². The van der Waals surface area contributed by atoms with E-state index in [4.69, 9.17) is 0 Å². The van der Waals surface area contributed by atoms with Gasteiger partial charge in [0.15, 0.2) is 0 Å². The van der Waals surface area contributed by atoms with Crippen LogP contribution in [0.3, 0.4) is 0 Å². The summed E-state index contributed by atoms with van der Waals surface area (Å²) >= 11 is 0. The van der Waals surface area contributed by atoms with Crippen LogP contribution >= 0.6 is 0 Å². The fourth-order valence-corrected chi connectivity index (χ4v) is 4.27. The molecule has 2 nitrogen and oxygen atoms in total. The summed E-state index contributed by atoms with van der Waals surface area (Å²) in [6.07, 6.45) is 0. The lowest BCUT2D eigenvalue weighted by atomic mass is 9.61. The van der Waals surface area contributed by atoms with Gasteiger partial charge >= 0.3 is 0 Å². The molecule has 106 valence electrons. The Morgan fingerprint density at radius 2 is 0.955 bits per heavy atom. The molecule has 0 fully saturated rings. The van der Waals surface area contributed by atoms with Crippen molar-refractivity contribution < 1.29 is 10.2 Å². The van der Waals surface area contributed by atoms with Crippen LogP contribution in [0.5, 0.6) is 11.5 Å². The molecule has 0 amide bonds. The summed E-state index contributed by atoms with van der Waals surface area (Å²) in [6.45, 7) is 0. The lowest BCUT2D eigenvalue weighted by Gasteiger charge is -2.42. The minimum absolute atomic E-state index is 0.0883. The Morgan fingerprint density at radius 1 is 0.500 bits per heavy atom. The normalized spacial score (nSPS) is 20.2. The summed E-state index contributed by atoms with van der Waals surface area (Å²) in [5.74, 6) is 0.630. The molecule has 3 aliphatic rings. The molecule has 0 aliphatic heterocycles. The molecule has 0 unspecified atom stereocenters. The van der Waals surface area contributed by atoms with E-state index in [-0.39, 0.29) is 11.8 Å². The van der Waals surface area contributed by atoms with Crippen molar-refractivity contribution in [1.29, 1.82) is 0 Å². The van der Waals surface area contributed by atoms with Crippen molar-refractivity contribution in [1.82, 2.24) is 0 Å². The van der Waals surface area contributed by atoms with Gasteiger partial charge in [0.05, 0.1) is 0 Å². The van der Waals surface area contributed by atoms with Gasteiger partial charge in [0, 0.05) is 23.0 Å². The zero-order valence-corrected chi connectivity index (χ0v) is 11.8. The molecule has 2 N–H and O–H groups in total. The maximum Gasteiger partial charge on any atom is 0.120 e. The summed E-state index contributed by atoms with van der Waals surface area (Å²) < 4.78 is 0. The first-order valence-corrected chi connectivity index (χ1v) is 7.49. The van der Waals surface area contributed by atoms with Gasteiger partial charge in [-0.2, -0.15) is 0 Å². The van der Waals surface area contributed by atoms with Gasteiger partial charge in [-0.25, -0.2) is 0 Å². The molecule has 2 bridgehead atoms. The van der Waals surface area contributed by atoms with Crippen LogP contribution in [-0.4, -0.2) is 10.2 Å². The van der Waals surface area contributed by atoms with E-state index < -0.39 is 0 Å². The van der Waals surface area contributed by atoms with Crippen molar-refractivity contribution in [3.8, 4) is 11.5 Å². The topological polar surface area (TPSA) is 40.5 Å². The molecule has 3 aromatic rings. The molecular formula is C20H14O2. The van der Waals surface area contributed by atoms with E-state index >= 15 is 0 Å². The van der Waals surface area contributed by atoms with E-state index in [1.807, 2.05) is 18.2 Å². The van der Waals surface area contributed by atoms with Gasteiger partial charge in [-0.1, -0.05) is 48.5 Å². The fraction of sp³-hybridized carbons (Fsp3) is 0.100. The first-order chi connectivity index (χ1) is 10.8. The third-order valence-corrected chi connectivity index (χ3v) is 5.05. The van der Waals surface area contributed by atoms with Gasteiger partial charge in [0.1, 0.15) is 11.5 Å². The van der Waals surface area contributed by atoms with Gasteiger partial charge < -0.3 is 10.2 Å². The monoisotopic (exact) mass is 286 g/mol. The molecule has 0 saturated carbocycles. The van der Waals surface area contributed by atoms with Gasteiger partial charge in [0.2, 0.25) is 0 Å². The summed E-state index contributed by atoms with van der Waals surface area (Å²) in [5, 5.41) is 20.9. The number of rotatable bonds is 0. The summed E-state index contributed by atoms with van der Waals surface area (Å²) in [4.78, 5) is 0. The summed E-state index contributed by atoms with van der Waals surface area (Å²) in [5.41, 5.74) is 6.67. The van der Waals surface area contributed by atoms with Crippen molar-refractivity contribution in [2.75, 3.05) is 0 Å². The van der Waals surface area contributed by atoms with Crippen molar-refractivity contribution in [3.63, 3.8) is 0 Å². The van der Waals surface area contributed by atoms with E-state index in [1.54, 1.807) is 12.1 Å². The molecule has 0 saturated heterocycles. The third kappa shape index (κ3) is 1.26. The molecule has 3 aliphatic carbocycles. The van der Waals surface area contributed by atoms with E-state index in [0.717, 1.165) is 22.3 Å². The van der Waals surface area contributed by atoms with Gasteiger partial charge in [-0.05, 0) is 34.4 Å². The second kappa shape index (κ2) is 3.92. The minimum Gasteiger partial charge on any atom is -0.508 e. The van der Waals surface area contributed by atoms with Gasteiger partial charge in [-0.15, -0.1) is 0 Å². The highest BCUT2D eigenvalue weighted by molar-refractivity contribution is 5.72. The molecule has 0 heterocycles. The highest BCUT2D eigenvalue weighted by Crippen LogP contribution is 2.59. The van der Waals surface area contributed by atoms with Crippen LogP contribution in [0.25, 0.3) is 0 Å². The second-order valence-electron chi connectivity index (χ2n) is 6.06. The van der Waals surface area contributed by atoms with Crippen LogP contribution in [0.1, 0.15) is 45.2 Å². The first kappa shape index (κ1) is 11.9. The maximum absolute atomic E-state index is 10.4. The number of hydrogen-bond acceptors (Lipinski definition) is 2. The summed E-state index contributed by atoms with van der Waals surface area (Å²) in [6, 6.07) is 19.8. The SMILES string of the molecule is Oc1cccc2c1C1c3ccccc3C2c2cccc(O)c21. The fourth-order valence-electron chi connectivity index (χ4n) is 4.27. The van der Waals surface area contributed by atoms with Crippen LogP contribution in [0.2, 0.25) is 0 Å². The van der Waals surface area contributed by atoms with Gasteiger partial charge in [0.25, 0.3) is 0 Å². The zero-order valence-electron chi connectivity index (χ0n) is 11.8. The van der Waals surface area contributed by atoms with Crippen LogP contribution in [0, 0.1) is 0 Å². The highest BCUT2D eigenvalue weighted by atomic mass is 16.3. The van der Waals surface area contributed by atoms with Crippen LogP contribution in [-0.2, 0) is 0 Å². The van der Waals surface area contributed by atoms with E-state index in [2.05, 4.69) is 30.3 Å². The Labute approximate surface area is 128 Å². The maximum atomic E-state index is 10.4. The molecule has 6 rings (SSSR count). The molecule has 0 aromatic heterocycles. The van der Waals surface area contributed by atoms with Crippen molar-refractivity contribution in [3.05, 3.63) is 94.0 Å². The van der Waals surface area contributed by atoms with Crippen molar-refractivity contribution in [2.45, 2.75) is 11.8 Å². The Morgan fingerprint density at radius 3 is 1.50 bits per heavy atom. The number of aromatic hydroxyl groups is 2. The molecular weight excluding hydrogens is 272 g/mol. The lowest BCUT2D eigenvalue weighted by Crippen LogP contribution is -2.27. The van der Waals surface area contributed by atoms with Crippen LogP contribution < -0.4 is 0 Å².